The average molecular weight is 689 g/mol. The van der Waals surface area contributed by atoms with Gasteiger partial charge in [-0.05, 0) is 93.2 Å². The van der Waals surface area contributed by atoms with Gasteiger partial charge in [-0.15, -0.1) is 0 Å². The lowest BCUT2D eigenvalue weighted by atomic mass is 9.96. The highest BCUT2D eigenvalue weighted by Gasteiger charge is 2.19. The highest BCUT2D eigenvalue weighted by molar-refractivity contribution is 6.09. The number of fused-ring (bicyclic) bond motifs is 4. The second kappa shape index (κ2) is 13.4. The van der Waals surface area contributed by atoms with Crippen LogP contribution in [0.1, 0.15) is 0 Å². The number of benzene rings is 9. The summed E-state index contributed by atoms with van der Waals surface area (Å²) < 4.78 is 2.38. The molecule has 10 rings (SSSR count). The minimum Gasteiger partial charge on any atom is -0.310 e. The summed E-state index contributed by atoms with van der Waals surface area (Å²) in [7, 11) is 0. The fourth-order valence-corrected chi connectivity index (χ4v) is 8.05. The van der Waals surface area contributed by atoms with Crippen molar-refractivity contribution in [1.29, 1.82) is 0 Å². The van der Waals surface area contributed by atoms with Crippen molar-refractivity contribution in [2.75, 3.05) is 4.90 Å². The average Bonchev–Trinajstić information content (AvgIpc) is 3.59. The molecular weight excluding hydrogens is 653 g/mol. The van der Waals surface area contributed by atoms with Crippen LogP contribution in [0, 0.1) is 0 Å². The van der Waals surface area contributed by atoms with E-state index in [-0.39, 0.29) is 0 Å². The van der Waals surface area contributed by atoms with Crippen LogP contribution >= 0.6 is 0 Å². The molecule has 0 atom stereocenters. The van der Waals surface area contributed by atoms with E-state index < -0.39 is 0 Å². The van der Waals surface area contributed by atoms with Gasteiger partial charge in [-0.25, -0.2) is 0 Å². The summed E-state index contributed by atoms with van der Waals surface area (Å²) in [6.07, 6.45) is 0. The molecule has 0 aliphatic carbocycles. The maximum Gasteiger partial charge on any atom is 0.0541 e. The lowest BCUT2D eigenvalue weighted by Gasteiger charge is -2.28. The van der Waals surface area contributed by atoms with Gasteiger partial charge >= 0.3 is 0 Å². The van der Waals surface area contributed by atoms with E-state index in [9.17, 15) is 0 Å². The van der Waals surface area contributed by atoms with Crippen molar-refractivity contribution in [3.8, 4) is 39.1 Å². The summed E-state index contributed by atoms with van der Waals surface area (Å²) in [6, 6.07) is 78.8. The molecule has 0 radical (unpaired) electrons. The third-order valence-electron chi connectivity index (χ3n) is 10.6. The SMILES string of the molecule is c1ccc(-c2ccc(N(c3ccc(-c4cccc(-n5c6ccccc6c6ccccc65)c4)cc3)c3ccccc3-c3cccc4ccccc34)cc2)cc1. The lowest BCUT2D eigenvalue weighted by molar-refractivity contribution is 1.18. The molecule has 0 saturated carbocycles. The number of anilines is 3. The summed E-state index contributed by atoms with van der Waals surface area (Å²) >= 11 is 0. The third kappa shape index (κ3) is 5.53. The molecule has 0 unspecified atom stereocenters. The molecule has 0 spiro atoms. The van der Waals surface area contributed by atoms with Gasteiger partial charge in [0, 0.05) is 33.4 Å². The van der Waals surface area contributed by atoms with Gasteiger partial charge in [0.05, 0.1) is 16.7 Å². The fourth-order valence-electron chi connectivity index (χ4n) is 8.05. The van der Waals surface area contributed by atoms with Crippen LogP contribution in [0.4, 0.5) is 17.1 Å². The zero-order valence-corrected chi connectivity index (χ0v) is 29.7. The molecule has 254 valence electrons. The van der Waals surface area contributed by atoms with Crippen LogP contribution in [0.2, 0.25) is 0 Å². The van der Waals surface area contributed by atoms with Gasteiger partial charge in [0.2, 0.25) is 0 Å². The van der Waals surface area contributed by atoms with Crippen molar-refractivity contribution in [2.24, 2.45) is 0 Å². The molecular formula is C52H36N2. The van der Waals surface area contributed by atoms with Crippen molar-refractivity contribution in [2.45, 2.75) is 0 Å². The minimum absolute atomic E-state index is 1.09. The second-order valence-corrected chi connectivity index (χ2v) is 13.8. The Morgan fingerprint density at radius 3 is 1.50 bits per heavy atom. The van der Waals surface area contributed by atoms with Crippen molar-refractivity contribution in [3.05, 3.63) is 218 Å². The zero-order valence-electron chi connectivity index (χ0n) is 29.7. The van der Waals surface area contributed by atoms with E-state index >= 15 is 0 Å². The summed E-state index contributed by atoms with van der Waals surface area (Å²) in [5, 5.41) is 5.01. The molecule has 0 N–H and O–H groups in total. The Balaban J connectivity index is 1.09. The third-order valence-corrected chi connectivity index (χ3v) is 10.6. The summed E-state index contributed by atoms with van der Waals surface area (Å²) in [5.41, 5.74) is 14.0. The Hall–Kier alpha value is -7.16. The van der Waals surface area contributed by atoms with E-state index in [4.69, 9.17) is 0 Å². The monoisotopic (exact) mass is 688 g/mol. The summed E-state index contributed by atoms with van der Waals surface area (Å²) in [6.45, 7) is 0. The largest absolute Gasteiger partial charge is 0.310 e. The van der Waals surface area contributed by atoms with E-state index in [0.717, 1.165) is 22.7 Å². The number of nitrogens with zero attached hydrogens (tertiary/aromatic N) is 2. The van der Waals surface area contributed by atoms with Gasteiger partial charge in [-0.2, -0.15) is 0 Å². The van der Waals surface area contributed by atoms with Gasteiger partial charge in [0.15, 0.2) is 0 Å². The Kier molecular flexibility index (Phi) is 7.85. The van der Waals surface area contributed by atoms with Gasteiger partial charge in [0.1, 0.15) is 0 Å². The molecule has 9 aromatic carbocycles. The van der Waals surface area contributed by atoms with Crippen molar-refractivity contribution in [1.82, 2.24) is 4.57 Å². The van der Waals surface area contributed by atoms with Gasteiger partial charge < -0.3 is 9.47 Å². The highest BCUT2D eigenvalue weighted by atomic mass is 15.1. The van der Waals surface area contributed by atoms with Crippen molar-refractivity contribution < 1.29 is 0 Å². The van der Waals surface area contributed by atoms with Crippen LogP contribution in [0.5, 0.6) is 0 Å². The molecule has 0 amide bonds. The van der Waals surface area contributed by atoms with Gasteiger partial charge in [0.25, 0.3) is 0 Å². The molecule has 0 bridgehead atoms. The number of para-hydroxylation sites is 3. The van der Waals surface area contributed by atoms with E-state index in [1.807, 2.05) is 0 Å². The number of hydrogen-bond acceptors (Lipinski definition) is 1. The first-order valence-electron chi connectivity index (χ1n) is 18.5. The van der Waals surface area contributed by atoms with Crippen LogP contribution in [0.15, 0.2) is 218 Å². The normalized spacial score (nSPS) is 11.3. The Morgan fingerprint density at radius 1 is 0.315 bits per heavy atom. The molecule has 1 aromatic heterocycles. The van der Waals surface area contributed by atoms with Crippen molar-refractivity contribution in [3.63, 3.8) is 0 Å². The highest BCUT2D eigenvalue weighted by Crippen LogP contribution is 2.43. The molecule has 1 heterocycles. The molecule has 2 nitrogen and oxygen atoms in total. The molecule has 0 fully saturated rings. The van der Waals surface area contributed by atoms with Crippen LogP contribution < -0.4 is 4.90 Å². The maximum absolute atomic E-state index is 2.39. The standard InChI is InChI=1S/C52H36N2/c1-2-14-37(15-3-1)38-28-32-42(33-29-38)53(50-25-9-6-21-47(50)46-24-13-17-40-16-4-5-20-45(40)46)43-34-30-39(31-35-43)41-18-12-19-44(36-41)54-51-26-10-7-22-48(51)49-23-8-11-27-52(49)54/h1-36H. The first-order valence-corrected chi connectivity index (χ1v) is 18.5. The maximum atomic E-state index is 2.39. The van der Waals surface area contributed by atoms with E-state index in [0.29, 0.717) is 0 Å². The van der Waals surface area contributed by atoms with Crippen LogP contribution in [0.25, 0.3) is 71.6 Å². The molecule has 0 saturated heterocycles. The predicted molar refractivity (Wildman–Crippen MR) is 229 cm³/mol. The topological polar surface area (TPSA) is 8.17 Å². The Bertz CT molecular complexity index is 2860. The molecule has 10 aromatic rings. The Labute approximate surface area is 315 Å². The summed E-state index contributed by atoms with van der Waals surface area (Å²) in [5.74, 6) is 0. The van der Waals surface area contributed by atoms with Gasteiger partial charge in [-0.3, -0.25) is 0 Å². The molecule has 2 heteroatoms. The predicted octanol–water partition coefficient (Wildman–Crippen LogP) is 14.4. The van der Waals surface area contributed by atoms with E-state index in [1.165, 1.54) is 66.0 Å². The van der Waals surface area contributed by atoms with Crippen LogP contribution in [-0.4, -0.2) is 4.57 Å². The first-order chi connectivity index (χ1) is 26.8. The summed E-state index contributed by atoms with van der Waals surface area (Å²) in [4.78, 5) is 2.39. The number of rotatable bonds is 7. The quantitative estimate of drug-likeness (QED) is 0.162. The van der Waals surface area contributed by atoms with Crippen LogP contribution in [0.3, 0.4) is 0 Å². The number of hydrogen-bond donors (Lipinski definition) is 0. The molecule has 0 aliphatic heterocycles. The van der Waals surface area contributed by atoms with E-state index in [1.54, 1.807) is 0 Å². The van der Waals surface area contributed by atoms with Crippen LogP contribution in [-0.2, 0) is 0 Å². The minimum atomic E-state index is 1.09. The zero-order chi connectivity index (χ0) is 35.8. The van der Waals surface area contributed by atoms with Crippen molar-refractivity contribution >= 4 is 49.6 Å². The number of aromatic nitrogens is 1. The van der Waals surface area contributed by atoms with E-state index in [2.05, 4.69) is 228 Å². The smallest absolute Gasteiger partial charge is 0.0541 e. The Morgan fingerprint density at radius 2 is 0.796 bits per heavy atom. The molecule has 0 aliphatic rings. The van der Waals surface area contributed by atoms with Gasteiger partial charge in [-0.1, -0.05) is 164 Å². The molecule has 54 heavy (non-hydrogen) atoms. The first kappa shape index (κ1) is 31.6. The lowest BCUT2D eigenvalue weighted by Crippen LogP contribution is -2.11. The fraction of sp³-hybridized carbons (Fsp3) is 0. The second-order valence-electron chi connectivity index (χ2n) is 13.8.